The molecule has 0 amide bonds. The van der Waals surface area contributed by atoms with Crippen molar-refractivity contribution in [2.24, 2.45) is 29.1 Å². The second-order valence-corrected chi connectivity index (χ2v) is 6.79. The zero-order valence-corrected chi connectivity index (χ0v) is 10.3. The minimum Gasteiger partial charge on any atom is -0.393 e. The summed E-state index contributed by atoms with van der Waals surface area (Å²) in [5.74, 6) is 3.35. The van der Waals surface area contributed by atoms with Gasteiger partial charge >= 0.3 is 0 Å². The van der Waals surface area contributed by atoms with Gasteiger partial charge in [-0.25, -0.2) is 0 Å². The summed E-state index contributed by atoms with van der Waals surface area (Å²) < 4.78 is 0. The summed E-state index contributed by atoms with van der Waals surface area (Å²) in [5, 5.41) is 9.78. The van der Waals surface area contributed by atoms with E-state index in [9.17, 15) is 9.90 Å². The highest BCUT2D eigenvalue weighted by atomic mass is 16.3. The van der Waals surface area contributed by atoms with E-state index in [4.69, 9.17) is 0 Å². The number of carbonyl (C=O) groups excluding carboxylic acids is 1. The molecule has 90 valence electrons. The molecule has 0 aromatic heterocycles. The summed E-state index contributed by atoms with van der Waals surface area (Å²) in [7, 11) is 0. The smallest absolute Gasteiger partial charge is 0.130 e. The number of hydrogen-bond acceptors (Lipinski definition) is 2. The van der Waals surface area contributed by atoms with Gasteiger partial charge in [0.2, 0.25) is 0 Å². The summed E-state index contributed by atoms with van der Waals surface area (Å²) in [6.07, 6.45) is 5.28. The van der Waals surface area contributed by atoms with Crippen LogP contribution in [0, 0.1) is 29.1 Å². The second-order valence-electron chi connectivity index (χ2n) is 6.79. The molecule has 1 N–H and O–H groups in total. The molecule has 2 nitrogen and oxygen atoms in total. The van der Waals surface area contributed by atoms with Gasteiger partial charge in [-0.05, 0) is 61.7 Å². The Kier molecular flexibility index (Phi) is 2.23. The maximum Gasteiger partial charge on any atom is 0.130 e. The number of fused-ring (bicyclic) bond motifs is 5. The van der Waals surface area contributed by atoms with E-state index in [0.29, 0.717) is 11.7 Å². The van der Waals surface area contributed by atoms with Crippen molar-refractivity contribution in [2.75, 3.05) is 0 Å². The molecular weight excluding hydrogens is 200 g/mol. The van der Waals surface area contributed by atoms with Crippen molar-refractivity contribution in [1.29, 1.82) is 0 Å². The van der Waals surface area contributed by atoms with E-state index in [0.717, 1.165) is 37.0 Å². The molecule has 0 aliphatic heterocycles. The number of Topliss-reactive ketones (excluding diaryl/α,β-unsaturated/α-hetero) is 1. The molecule has 6 unspecified atom stereocenters. The van der Waals surface area contributed by atoms with Crippen molar-refractivity contribution < 1.29 is 9.90 Å². The molecule has 3 saturated carbocycles. The van der Waals surface area contributed by atoms with Gasteiger partial charge in [0, 0.05) is 6.42 Å². The van der Waals surface area contributed by atoms with E-state index in [1.165, 1.54) is 12.8 Å². The van der Waals surface area contributed by atoms with Crippen LogP contribution in [0.5, 0.6) is 0 Å². The zero-order chi connectivity index (χ0) is 11.5. The first-order valence-electron chi connectivity index (χ1n) is 6.67. The van der Waals surface area contributed by atoms with Gasteiger partial charge in [-0.1, -0.05) is 6.92 Å². The maximum absolute atomic E-state index is 11.4. The molecule has 2 bridgehead atoms. The highest BCUT2D eigenvalue weighted by molar-refractivity contribution is 5.76. The number of rotatable bonds is 2. The first kappa shape index (κ1) is 10.8. The molecule has 0 radical (unpaired) electrons. The molecule has 3 fully saturated rings. The van der Waals surface area contributed by atoms with E-state index in [2.05, 4.69) is 6.92 Å². The normalized spacial score (nSPS) is 54.3. The molecule has 2 heteroatoms. The fourth-order valence-electron chi connectivity index (χ4n) is 5.31. The second kappa shape index (κ2) is 3.32. The van der Waals surface area contributed by atoms with E-state index in [-0.39, 0.29) is 11.5 Å². The van der Waals surface area contributed by atoms with Crippen LogP contribution in [0.4, 0.5) is 0 Å². The number of hydrogen-bond donors (Lipinski definition) is 1. The predicted molar refractivity (Wildman–Crippen MR) is 61.8 cm³/mol. The maximum atomic E-state index is 11.4. The van der Waals surface area contributed by atoms with Crippen LogP contribution in [0.15, 0.2) is 0 Å². The third-order valence-corrected chi connectivity index (χ3v) is 5.59. The van der Waals surface area contributed by atoms with Gasteiger partial charge in [0.05, 0.1) is 6.10 Å². The minimum atomic E-state index is -0.0556. The molecule has 0 aromatic rings. The monoisotopic (exact) mass is 222 g/mol. The molecule has 0 aromatic carbocycles. The fraction of sp³-hybridized carbons (Fsp3) is 0.929. The summed E-state index contributed by atoms with van der Waals surface area (Å²) in [5.41, 5.74) is 0.252. The summed E-state index contributed by atoms with van der Waals surface area (Å²) in [4.78, 5) is 11.4. The Bertz CT molecular complexity index is 325. The van der Waals surface area contributed by atoms with Gasteiger partial charge < -0.3 is 9.90 Å². The highest BCUT2D eigenvalue weighted by Crippen LogP contribution is 2.66. The molecule has 0 heterocycles. The Morgan fingerprint density at radius 1 is 1.31 bits per heavy atom. The van der Waals surface area contributed by atoms with Gasteiger partial charge in [-0.2, -0.15) is 0 Å². The first-order valence-corrected chi connectivity index (χ1v) is 6.67. The van der Waals surface area contributed by atoms with Crippen molar-refractivity contribution in [3.05, 3.63) is 0 Å². The Morgan fingerprint density at radius 2 is 2.00 bits per heavy atom. The Labute approximate surface area is 97.4 Å². The third-order valence-electron chi connectivity index (χ3n) is 5.59. The van der Waals surface area contributed by atoms with Crippen LogP contribution in [0.2, 0.25) is 0 Å². The highest BCUT2D eigenvalue weighted by Gasteiger charge is 2.60. The molecule has 3 rings (SSSR count). The number of ketones is 1. The topological polar surface area (TPSA) is 37.3 Å². The number of carbonyl (C=O) groups is 1. The van der Waals surface area contributed by atoms with Crippen LogP contribution < -0.4 is 0 Å². The van der Waals surface area contributed by atoms with E-state index >= 15 is 0 Å². The predicted octanol–water partition coefficient (Wildman–Crippen LogP) is 2.40. The molecule has 3 aliphatic carbocycles. The van der Waals surface area contributed by atoms with Crippen LogP contribution in [0.3, 0.4) is 0 Å². The van der Waals surface area contributed by atoms with Crippen molar-refractivity contribution in [2.45, 2.75) is 52.1 Å². The molecule has 6 atom stereocenters. The van der Waals surface area contributed by atoms with Crippen molar-refractivity contribution in [1.82, 2.24) is 0 Å². The summed E-state index contributed by atoms with van der Waals surface area (Å²) >= 11 is 0. The van der Waals surface area contributed by atoms with Crippen LogP contribution >= 0.6 is 0 Å². The van der Waals surface area contributed by atoms with Crippen molar-refractivity contribution in [3.63, 3.8) is 0 Å². The van der Waals surface area contributed by atoms with Gasteiger partial charge in [-0.3, -0.25) is 0 Å². The van der Waals surface area contributed by atoms with E-state index < -0.39 is 0 Å². The van der Waals surface area contributed by atoms with Gasteiger partial charge in [0.25, 0.3) is 0 Å². The van der Waals surface area contributed by atoms with Crippen LogP contribution in [0.25, 0.3) is 0 Å². The average molecular weight is 222 g/mol. The number of aliphatic hydroxyl groups is 1. The third kappa shape index (κ3) is 1.38. The lowest BCUT2D eigenvalue weighted by Crippen LogP contribution is -2.34. The minimum absolute atomic E-state index is 0.0556. The largest absolute Gasteiger partial charge is 0.393 e. The summed E-state index contributed by atoms with van der Waals surface area (Å²) in [6.45, 7) is 4.03. The molecule has 0 saturated heterocycles. The van der Waals surface area contributed by atoms with Gasteiger partial charge in [0.15, 0.2) is 0 Å². The molecule has 3 aliphatic rings. The van der Waals surface area contributed by atoms with Crippen molar-refractivity contribution >= 4 is 5.78 Å². The quantitative estimate of drug-likeness (QED) is 0.779. The van der Waals surface area contributed by atoms with Gasteiger partial charge in [-0.15, -0.1) is 0 Å². The fourth-order valence-corrected chi connectivity index (χ4v) is 5.31. The zero-order valence-electron chi connectivity index (χ0n) is 10.3. The Balaban J connectivity index is 1.81. The lowest BCUT2D eigenvalue weighted by atomic mass is 9.65. The molecule has 0 spiro atoms. The number of aliphatic hydroxyl groups excluding tert-OH is 1. The van der Waals surface area contributed by atoms with E-state index in [1.54, 1.807) is 6.92 Å². The lowest BCUT2D eigenvalue weighted by Gasteiger charge is -2.39. The van der Waals surface area contributed by atoms with Crippen molar-refractivity contribution in [3.8, 4) is 0 Å². The standard InChI is InChI=1S/C14H22O2/c1-8(15)6-14(2)7-9-3-13(14)12-5-10(16)4-11(9)12/h9-13,16H,3-7H2,1-2H3. The Morgan fingerprint density at radius 3 is 2.69 bits per heavy atom. The Hall–Kier alpha value is -0.370. The average Bonchev–Trinajstić information content (AvgIpc) is 2.71. The van der Waals surface area contributed by atoms with Crippen LogP contribution in [-0.2, 0) is 4.79 Å². The van der Waals surface area contributed by atoms with E-state index in [1.807, 2.05) is 0 Å². The van der Waals surface area contributed by atoms with Crippen LogP contribution in [-0.4, -0.2) is 17.0 Å². The summed E-state index contributed by atoms with van der Waals surface area (Å²) in [6, 6.07) is 0. The van der Waals surface area contributed by atoms with Gasteiger partial charge in [0.1, 0.15) is 5.78 Å². The molecular formula is C14H22O2. The lowest BCUT2D eigenvalue weighted by molar-refractivity contribution is -0.120. The SMILES string of the molecule is CC(=O)CC1(C)CC2CC1C1CC(O)CC21. The first-order chi connectivity index (χ1) is 7.49. The molecule has 16 heavy (non-hydrogen) atoms. The van der Waals surface area contributed by atoms with Crippen LogP contribution in [0.1, 0.15) is 46.0 Å².